The van der Waals surface area contributed by atoms with E-state index in [4.69, 9.17) is 0 Å². The van der Waals surface area contributed by atoms with Crippen molar-refractivity contribution in [3.63, 3.8) is 0 Å². The number of hydrogen-bond donors (Lipinski definition) is 1. The first-order chi connectivity index (χ1) is 6.68. The Morgan fingerprint density at radius 2 is 2.00 bits per heavy atom. The van der Waals surface area contributed by atoms with Crippen LogP contribution in [0.2, 0.25) is 0 Å². The lowest BCUT2D eigenvalue weighted by molar-refractivity contribution is -0.919. The van der Waals surface area contributed by atoms with Gasteiger partial charge in [-0.2, -0.15) is 0 Å². The third-order valence-corrected chi connectivity index (χ3v) is 3.37. The Kier molecular flexibility index (Phi) is 3.93. The average Bonchev–Trinajstić information content (AvgIpc) is 2.21. The van der Waals surface area contributed by atoms with Crippen LogP contribution in [0.5, 0.6) is 0 Å². The minimum atomic E-state index is 0.261. The maximum absolute atomic E-state index is 11.2. The predicted octanol–water partition coefficient (Wildman–Crippen LogP) is -0.0796. The fourth-order valence-corrected chi connectivity index (χ4v) is 2.57. The van der Waals surface area contributed by atoms with Gasteiger partial charge in [0, 0.05) is 13.3 Å². The van der Waals surface area contributed by atoms with Gasteiger partial charge in [0.1, 0.15) is 6.04 Å². The largest absolute Gasteiger partial charge is 0.332 e. The summed E-state index contributed by atoms with van der Waals surface area (Å²) in [5.41, 5.74) is 0. The molecule has 1 amide bonds. The number of hydrogen-bond acceptors (Lipinski definition) is 1. The Morgan fingerprint density at radius 1 is 1.36 bits per heavy atom. The van der Waals surface area contributed by atoms with Crippen molar-refractivity contribution >= 4 is 5.91 Å². The van der Waals surface area contributed by atoms with E-state index in [-0.39, 0.29) is 5.91 Å². The van der Waals surface area contributed by atoms with E-state index in [1.807, 2.05) is 13.8 Å². The Hall–Kier alpha value is -0.570. The molecular formula is C11H23N2O+. The van der Waals surface area contributed by atoms with Crippen molar-refractivity contribution in [2.45, 2.75) is 45.7 Å². The van der Waals surface area contributed by atoms with Crippen LogP contribution in [0, 0.1) is 0 Å². The third kappa shape index (κ3) is 2.08. The minimum absolute atomic E-state index is 0.261. The van der Waals surface area contributed by atoms with Gasteiger partial charge in [-0.25, -0.2) is 0 Å². The van der Waals surface area contributed by atoms with Gasteiger partial charge in [-0.15, -0.1) is 0 Å². The summed E-state index contributed by atoms with van der Waals surface area (Å²) in [7, 11) is 2.24. The molecule has 3 rings (SSSR count). The monoisotopic (exact) mass is 199 g/mol. The lowest BCUT2D eigenvalue weighted by Gasteiger charge is -2.47. The van der Waals surface area contributed by atoms with Gasteiger partial charge in [0.05, 0.1) is 26.2 Å². The number of amides is 1. The van der Waals surface area contributed by atoms with Crippen LogP contribution >= 0.6 is 0 Å². The number of piperazine rings is 1. The zero-order valence-electron chi connectivity index (χ0n) is 9.84. The van der Waals surface area contributed by atoms with E-state index in [0.29, 0.717) is 12.1 Å². The van der Waals surface area contributed by atoms with Crippen molar-refractivity contribution in [1.29, 1.82) is 0 Å². The van der Waals surface area contributed by atoms with Gasteiger partial charge in [0.25, 0.3) is 0 Å². The molecule has 3 heterocycles. The van der Waals surface area contributed by atoms with Gasteiger partial charge in [-0.3, -0.25) is 4.79 Å². The lowest BCUT2D eigenvalue weighted by atomic mass is 9.91. The predicted molar refractivity (Wildman–Crippen MR) is 57.3 cm³/mol. The minimum Gasteiger partial charge on any atom is -0.332 e. The van der Waals surface area contributed by atoms with E-state index in [2.05, 4.69) is 11.9 Å². The van der Waals surface area contributed by atoms with E-state index in [0.717, 1.165) is 13.1 Å². The second kappa shape index (κ2) is 4.78. The number of fused-ring (bicyclic) bond motifs is 3. The van der Waals surface area contributed by atoms with Crippen LogP contribution in [0.25, 0.3) is 0 Å². The number of piperidine rings is 2. The van der Waals surface area contributed by atoms with Gasteiger partial charge < -0.3 is 9.80 Å². The highest BCUT2D eigenvalue weighted by Gasteiger charge is 2.41. The molecular weight excluding hydrogens is 176 g/mol. The first-order valence-electron chi connectivity index (χ1n) is 5.78. The van der Waals surface area contributed by atoms with Crippen LogP contribution in [0.3, 0.4) is 0 Å². The second-order valence-electron chi connectivity index (χ2n) is 4.15. The summed E-state index contributed by atoms with van der Waals surface area (Å²) in [5.74, 6) is 0.261. The quantitative estimate of drug-likeness (QED) is 0.580. The second-order valence-corrected chi connectivity index (χ2v) is 4.15. The smallest absolute Gasteiger partial charge is 0.220 e. The topological polar surface area (TPSA) is 24.8 Å². The number of likely N-dealkylation sites (N-methyl/N-ethyl adjacent to an activating group) is 1. The molecule has 3 saturated heterocycles. The molecule has 0 aromatic rings. The summed E-state index contributed by atoms with van der Waals surface area (Å²) >= 11 is 0. The Balaban J connectivity index is 0.000000461. The third-order valence-electron chi connectivity index (χ3n) is 3.37. The van der Waals surface area contributed by atoms with E-state index in [1.54, 1.807) is 11.8 Å². The van der Waals surface area contributed by atoms with Gasteiger partial charge in [-0.05, 0) is 6.42 Å². The van der Waals surface area contributed by atoms with Crippen LogP contribution in [0.4, 0.5) is 0 Å². The molecule has 0 radical (unpaired) electrons. The number of nitrogens with zero attached hydrogens (tertiary/aromatic N) is 1. The molecule has 2 bridgehead atoms. The first kappa shape index (κ1) is 11.5. The maximum atomic E-state index is 11.2. The molecule has 0 aromatic heterocycles. The molecule has 1 N–H and O–H groups in total. The van der Waals surface area contributed by atoms with Crippen LogP contribution in [0.15, 0.2) is 0 Å². The Bertz CT molecular complexity index is 205. The van der Waals surface area contributed by atoms with Crippen molar-refractivity contribution in [1.82, 2.24) is 4.90 Å². The zero-order valence-corrected chi connectivity index (χ0v) is 9.84. The van der Waals surface area contributed by atoms with Crippen LogP contribution < -0.4 is 4.90 Å². The highest BCUT2D eigenvalue weighted by atomic mass is 16.2. The molecule has 0 spiro atoms. The summed E-state index contributed by atoms with van der Waals surface area (Å²) in [5, 5.41) is 0. The van der Waals surface area contributed by atoms with Gasteiger partial charge in [0.15, 0.2) is 0 Å². The van der Waals surface area contributed by atoms with Crippen molar-refractivity contribution in [3.05, 3.63) is 0 Å². The van der Waals surface area contributed by atoms with Gasteiger partial charge in [-0.1, -0.05) is 13.8 Å². The van der Waals surface area contributed by atoms with Gasteiger partial charge >= 0.3 is 0 Å². The highest BCUT2D eigenvalue weighted by molar-refractivity contribution is 5.73. The summed E-state index contributed by atoms with van der Waals surface area (Å²) < 4.78 is 0. The molecule has 3 nitrogen and oxygen atoms in total. The summed E-state index contributed by atoms with van der Waals surface area (Å²) in [6.45, 7) is 7.84. The molecule has 3 atom stereocenters. The number of carbonyl (C=O) groups is 1. The van der Waals surface area contributed by atoms with Gasteiger partial charge in [0.2, 0.25) is 5.91 Å². The van der Waals surface area contributed by atoms with E-state index in [1.165, 1.54) is 12.8 Å². The van der Waals surface area contributed by atoms with Crippen molar-refractivity contribution in [3.8, 4) is 0 Å². The first-order valence-corrected chi connectivity index (χ1v) is 5.78. The van der Waals surface area contributed by atoms with Crippen LogP contribution in [0.1, 0.15) is 33.6 Å². The Labute approximate surface area is 87.1 Å². The standard InChI is InChI=1S/C9H16N2O.C2H6/c1-7(12)11-6-8-3-4-9(11)5-10(8)2;1-2/h8-9H,3-6H2,1-2H3;1-2H3/p+1. The fourth-order valence-electron chi connectivity index (χ4n) is 2.57. The molecule has 3 heteroatoms. The van der Waals surface area contributed by atoms with Crippen LogP contribution in [-0.2, 0) is 4.79 Å². The molecule has 3 aliphatic heterocycles. The van der Waals surface area contributed by atoms with Crippen LogP contribution in [-0.4, -0.2) is 43.0 Å². The molecule has 0 aliphatic carbocycles. The van der Waals surface area contributed by atoms with E-state index < -0.39 is 0 Å². The molecule has 3 unspecified atom stereocenters. The maximum Gasteiger partial charge on any atom is 0.220 e. The van der Waals surface area contributed by atoms with E-state index in [9.17, 15) is 4.79 Å². The van der Waals surface area contributed by atoms with Crippen molar-refractivity contribution in [2.24, 2.45) is 0 Å². The molecule has 14 heavy (non-hydrogen) atoms. The van der Waals surface area contributed by atoms with Crippen molar-refractivity contribution in [2.75, 3.05) is 20.1 Å². The molecule has 0 saturated carbocycles. The highest BCUT2D eigenvalue weighted by Crippen LogP contribution is 2.18. The zero-order chi connectivity index (χ0) is 10.7. The normalized spacial score (nSPS) is 34.9. The summed E-state index contributed by atoms with van der Waals surface area (Å²) in [6.07, 6.45) is 2.53. The van der Waals surface area contributed by atoms with Crippen molar-refractivity contribution < 1.29 is 9.69 Å². The number of nitrogens with one attached hydrogen (secondary N) is 1. The molecule has 0 aromatic carbocycles. The Morgan fingerprint density at radius 3 is 2.36 bits per heavy atom. The number of rotatable bonds is 0. The average molecular weight is 199 g/mol. The molecule has 82 valence electrons. The lowest BCUT2D eigenvalue weighted by Crippen LogP contribution is -3.18. The summed E-state index contributed by atoms with van der Waals surface area (Å²) in [6, 6.07) is 1.24. The fraction of sp³-hybridized carbons (Fsp3) is 0.909. The number of carbonyl (C=O) groups excluding carboxylic acids is 1. The summed E-state index contributed by atoms with van der Waals surface area (Å²) in [4.78, 5) is 14.9. The molecule has 3 fully saturated rings. The molecule has 3 aliphatic rings. The SMILES string of the molecule is CC.CC(=O)N1CC2CCC1C[NH+]2C. The van der Waals surface area contributed by atoms with E-state index >= 15 is 0 Å². The number of quaternary nitrogens is 1.